The third-order valence-electron chi connectivity index (χ3n) is 3.89. The Hall–Kier alpha value is -0.170. The molecular weight excluding hydrogens is 240 g/mol. The minimum absolute atomic E-state index is 0.319. The summed E-state index contributed by atoms with van der Waals surface area (Å²) in [4.78, 5) is 0. The Balaban J connectivity index is 2.04. The van der Waals surface area contributed by atoms with Gasteiger partial charge in [0.2, 0.25) is 10.0 Å². The van der Waals surface area contributed by atoms with Gasteiger partial charge in [-0.25, -0.2) is 13.1 Å². The molecular formula is C11H22N2O3S. The van der Waals surface area contributed by atoms with Crippen LogP contribution in [0.25, 0.3) is 0 Å². The number of rotatable bonds is 5. The highest BCUT2D eigenvalue weighted by Gasteiger charge is 2.44. The summed E-state index contributed by atoms with van der Waals surface area (Å²) in [6.07, 6.45) is 3.31. The van der Waals surface area contributed by atoms with Crippen LogP contribution in [0.5, 0.6) is 0 Å². The van der Waals surface area contributed by atoms with E-state index in [4.69, 9.17) is 10.5 Å². The lowest BCUT2D eigenvalue weighted by Gasteiger charge is -2.32. The maximum atomic E-state index is 12.3. The number of nitrogens with two attached hydrogens (primary N) is 1. The van der Waals surface area contributed by atoms with Crippen molar-refractivity contribution >= 4 is 10.0 Å². The summed E-state index contributed by atoms with van der Waals surface area (Å²) in [5.74, 6) is 0.405. The highest BCUT2D eigenvalue weighted by Crippen LogP contribution is 2.39. The molecule has 1 saturated heterocycles. The van der Waals surface area contributed by atoms with Gasteiger partial charge in [0.25, 0.3) is 0 Å². The predicted molar refractivity (Wildman–Crippen MR) is 66.1 cm³/mol. The van der Waals surface area contributed by atoms with E-state index in [2.05, 4.69) is 4.72 Å². The molecule has 3 N–H and O–H groups in total. The van der Waals surface area contributed by atoms with Crippen molar-refractivity contribution in [1.82, 2.24) is 4.72 Å². The molecule has 1 unspecified atom stereocenters. The molecule has 6 heteroatoms. The monoisotopic (exact) mass is 262 g/mol. The first kappa shape index (κ1) is 13.3. The lowest BCUT2D eigenvalue weighted by Crippen LogP contribution is -2.55. The van der Waals surface area contributed by atoms with Crippen LogP contribution in [-0.4, -0.2) is 39.0 Å². The zero-order valence-corrected chi connectivity index (χ0v) is 11.1. The van der Waals surface area contributed by atoms with E-state index in [0.29, 0.717) is 38.5 Å². The molecule has 17 heavy (non-hydrogen) atoms. The van der Waals surface area contributed by atoms with Crippen LogP contribution in [-0.2, 0) is 14.8 Å². The molecule has 1 atom stereocenters. The van der Waals surface area contributed by atoms with Crippen LogP contribution in [0.2, 0.25) is 0 Å². The Labute approximate surface area is 103 Å². The maximum Gasteiger partial charge on any atom is 0.215 e. The third-order valence-corrected chi connectivity index (χ3v) is 5.98. The van der Waals surface area contributed by atoms with Crippen molar-refractivity contribution in [3.05, 3.63) is 0 Å². The van der Waals surface area contributed by atoms with Crippen LogP contribution >= 0.6 is 0 Å². The van der Waals surface area contributed by atoms with Crippen molar-refractivity contribution in [2.45, 2.75) is 43.4 Å². The Morgan fingerprint density at radius 2 is 1.88 bits per heavy atom. The number of ether oxygens (including phenoxy) is 1. The summed E-state index contributed by atoms with van der Waals surface area (Å²) < 4.78 is 32.6. The predicted octanol–water partition coefficient (Wildman–Crippen LogP) is 0.212. The summed E-state index contributed by atoms with van der Waals surface area (Å²) in [7, 11) is -3.27. The quantitative estimate of drug-likeness (QED) is 0.742. The van der Waals surface area contributed by atoms with Gasteiger partial charge in [-0.3, -0.25) is 0 Å². The topological polar surface area (TPSA) is 81.4 Å². The highest BCUT2D eigenvalue weighted by atomic mass is 32.2. The van der Waals surface area contributed by atoms with Crippen molar-refractivity contribution in [3.8, 4) is 0 Å². The molecule has 2 rings (SSSR count). The summed E-state index contributed by atoms with van der Waals surface area (Å²) in [6, 6.07) is 0. The van der Waals surface area contributed by atoms with E-state index < -0.39 is 15.6 Å². The largest absolute Gasteiger partial charge is 0.381 e. The summed E-state index contributed by atoms with van der Waals surface area (Å²) in [5, 5.41) is -0.319. The molecule has 100 valence electrons. The van der Waals surface area contributed by atoms with Crippen LogP contribution in [0.15, 0.2) is 0 Å². The minimum Gasteiger partial charge on any atom is -0.381 e. The molecule has 0 bridgehead atoms. The standard InChI is InChI=1S/C11H22N2O3S/c1-11(8-12,9-2-3-9)13-17(14,15)10-4-6-16-7-5-10/h9-10,13H,2-8,12H2,1H3. The Kier molecular flexibility index (Phi) is 3.77. The molecule has 0 aromatic rings. The zero-order chi connectivity index (χ0) is 12.5. The fraction of sp³-hybridized carbons (Fsp3) is 1.00. The molecule has 0 aromatic heterocycles. The van der Waals surface area contributed by atoms with Crippen LogP contribution in [0.4, 0.5) is 0 Å². The van der Waals surface area contributed by atoms with E-state index >= 15 is 0 Å². The lowest BCUT2D eigenvalue weighted by atomic mass is 9.98. The fourth-order valence-corrected chi connectivity index (χ4v) is 4.29. The maximum absolute atomic E-state index is 12.3. The SMILES string of the molecule is CC(CN)(NS(=O)(=O)C1CCOCC1)C1CC1. The van der Waals surface area contributed by atoms with Crippen LogP contribution in [0.1, 0.15) is 32.6 Å². The first-order chi connectivity index (χ1) is 7.98. The number of sulfonamides is 1. The Morgan fingerprint density at radius 3 is 2.35 bits per heavy atom. The van der Waals surface area contributed by atoms with Crippen molar-refractivity contribution in [2.75, 3.05) is 19.8 Å². The van der Waals surface area contributed by atoms with E-state index in [0.717, 1.165) is 12.8 Å². The van der Waals surface area contributed by atoms with E-state index in [1.165, 1.54) is 0 Å². The zero-order valence-electron chi connectivity index (χ0n) is 10.3. The van der Waals surface area contributed by atoms with Gasteiger partial charge in [-0.05, 0) is 38.5 Å². The second-order valence-corrected chi connectivity index (χ2v) is 7.32. The second kappa shape index (κ2) is 4.84. The van der Waals surface area contributed by atoms with Crippen LogP contribution in [0, 0.1) is 5.92 Å². The van der Waals surface area contributed by atoms with E-state index in [1.54, 1.807) is 0 Å². The molecule has 0 amide bonds. The van der Waals surface area contributed by atoms with Gasteiger partial charge in [0.05, 0.1) is 5.25 Å². The minimum atomic E-state index is -3.27. The molecule has 0 aromatic carbocycles. The molecule has 1 heterocycles. The van der Waals surface area contributed by atoms with Gasteiger partial charge < -0.3 is 10.5 Å². The third kappa shape index (κ3) is 2.99. The van der Waals surface area contributed by atoms with Crippen molar-refractivity contribution < 1.29 is 13.2 Å². The molecule has 0 radical (unpaired) electrons. The molecule has 2 aliphatic rings. The number of hydrogen-bond donors (Lipinski definition) is 2. The van der Waals surface area contributed by atoms with E-state index in [9.17, 15) is 8.42 Å². The van der Waals surface area contributed by atoms with Crippen molar-refractivity contribution in [1.29, 1.82) is 0 Å². The lowest BCUT2D eigenvalue weighted by molar-refractivity contribution is 0.0979. The van der Waals surface area contributed by atoms with Gasteiger partial charge in [-0.2, -0.15) is 0 Å². The first-order valence-electron chi connectivity index (χ1n) is 6.28. The number of hydrogen-bond acceptors (Lipinski definition) is 4. The Bertz CT molecular complexity index is 361. The van der Waals surface area contributed by atoms with Gasteiger partial charge >= 0.3 is 0 Å². The summed E-state index contributed by atoms with van der Waals surface area (Å²) in [6.45, 7) is 3.35. The normalized spacial score (nSPS) is 26.7. The van der Waals surface area contributed by atoms with Gasteiger partial charge in [-0.1, -0.05) is 0 Å². The molecule has 5 nitrogen and oxygen atoms in total. The van der Waals surface area contributed by atoms with Crippen LogP contribution in [0.3, 0.4) is 0 Å². The second-order valence-electron chi connectivity index (χ2n) is 5.35. The number of nitrogens with one attached hydrogen (secondary N) is 1. The van der Waals surface area contributed by atoms with Crippen LogP contribution < -0.4 is 10.5 Å². The molecule has 2 fully saturated rings. The van der Waals surface area contributed by atoms with Crippen molar-refractivity contribution in [2.24, 2.45) is 11.7 Å². The van der Waals surface area contributed by atoms with E-state index in [-0.39, 0.29) is 5.25 Å². The smallest absolute Gasteiger partial charge is 0.215 e. The highest BCUT2D eigenvalue weighted by molar-refractivity contribution is 7.90. The van der Waals surface area contributed by atoms with E-state index in [1.807, 2.05) is 6.92 Å². The van der Waals surface area contributed by atoms with Gasteiger partial charge in [0.1, 0.15) is 0 Å². The van der Waals surface area contributed by atoms with Crippen molar-refractivity contribution in [3.63, 3.8) is 0 Å². The molecule has 1 aliphatic carbocycles. The van der Waals surface area contributed by atoms with Gasteiger partial charge in [0, 0.05) is 25.3 Å². The summed E-state index contributed by atoms with van der Waals surface area (Å²) >= 11 is 0. The van der Waals surface area contributed by atoms with Gasteiger partial charge in [-0.15, -0.1) is 0 Å². The summed E-state index contributed by atoms with van der Waals surface area (Å²) in [5.41, 5.74) is 5.27. The van der Waals surface area contributed by atoms with Gasteiger partial charge in [0.15, 0.2) is 0 Å². The first-order valence-corrected chi connectivity index (χ1v) is 7.83. The molecule has 0 spiro atoms. The Morgan fingerprint density at radius 1 is 1.29 bits per heavy atom. The average Bonchev–Trinajstić information content (AvgIpc) is 3.14. The molecule has 1 aliphatic heterocycles. The fourth-order valence-electron chi connectivity index (χ4n) is 2.41. The average molecular weight is 262 g/mol. The molecule has 1 saturated carbocycles.